The van der Waals surface area contributed by atoms with Crippen LogP contribution in [-0.4, -0.2) is 34.0 Å². The number of fused-ring (bicyclic) bond motifs is 1. The van der Waals surface area contributed by atoms with Crippen molar-refractivity contribution < 1.29 is 4.79 Å². The summed E-state index contributed by atoms with van der Waals surface area (Å²) in [5.41, 5.74) is 3.61. The summed E-state index contributed by atoms with van der Waals surface area (Å²) in [4.78, 5) is 14.9. The van der Waals surface area contributed by atoms with Crippen LogP contribution in [-0.2, 0) is 11.3 Å². The molecule has 1 amide bonds. The minimum atomic E-state index is -0.0971. The van der Waals surface area contributed by atoms with Gasteiger partial charge in [0.05, 0.1) is 16.9 Å². The van der Waals surface area contributed by atoms with Gasteiger partial charge in [-0.15, -0.1) is 5.10 Å². The predicted molar refractivity (Wildman–Crippen MR) is 98.7 cm³/mol. The highest BCUT2D eigenvalue weighted by molar-refractivity contribution is 5.94. The summed E-state index contributed by atoms with van der Waals surface area (Å²) in [5, 5.41) is 11.2. The second-order valence-corrected chi connectivity index (χ2v) is 6.35. The molecule has 0 unspecified atom stereocenters. The smallest absolute Gasteiger partial charge is 0.246 e. The Balaban J connectivity index is 1.51. The molecule has 6 heteroatoms. The Morgan fingerprint density at radius 1 is 1.00 bits per heavy atom. The Kier molecular flexibility index (Phi) is 4.33. The monoisotopic (exact) mass is 335 g/mol. The minimum Gasteiger partial charge on any atom is -0.370 e. The van der Waals surface area contributed by atoms with Gasteiger partial charge in [-0.25, -0.2) is 4.68 Å². The number of amides is 1. The van der Waals surface area contributed by atoms with Crippen LogP contribution in [0, 0.1) is 0 Å². The van der Waals surface area contributed by atoms with Crippen LogP contribution in [0.5, 0.6) is 0 Å². The summed E-state index contributed by atoms with van der Waals surface area (Å²) in [6.45, 7) is 2.23. The molecule has 1 aromatic heterocycles. The van der Waals surface area contributed by atoms with Crippen molar-refractivity contribution in [2.75, 3.05) is 23.3 Å². The van der Waals surface area contributed by atoms with Gasteiger partial charge in [0.25, 0.3) is 0 Å². The molecule has 2 aromatic carbocycles. The molecular formula is C19H21N5O. The van der Waals surface area contributed by atoms with E-state index in [0.717, 1.165) is 35.5 Å². The summed E-state index contributed by atoms with van der Waals surface area (Å²) >= 11 is 0. The molecule has 25 heavy (non-hydrogen) atoms. The van der Waals surface area contributed by atoms with E-state index in [2.05, 4.69) is 26.6 Å². The standard InChI is InChI=1S/C19H21N5O/c25-19(14-24-18-11-5-3-9-16(18)21-22-24)20-15-8-2-4-10-17(15)23-12-6-1-7-13-23/h2-5,8-11H,1,6-7,12-14H2,(H,20,25). The van der Waals surface area contributed by atoms with Crippen LogP contribution in [0.15, 0.2) is 48.5 Å². The lowest BCUT2D eigenvalue weighted by molar-refractivity contribution is -0.116. The van der Waals surface area contributed by atoms with E-state index in [0.29, 0.717) is 0 Å². The Labute approximate surface area is 146 Å². The van der Waals surface area contributed by atoms with E-state index in [1.54, 1.807) is 4.68 Å². The highest BCUT2D eigenvalue weighted by Gasteiger charge is 2.16. The number of nitrogens with zero attached hydrogens (tertiary/aromatic N) is 4. The molecule has 0 bridgehead atoms. The maximum Gasteiger partial charge on any atom is 0.246 e. The molecule has 3 aromatic rings. The second-order valence-electron chi connectivity index (χ2n) is 6.35. The first-order valence-electron chi connectivity index (χ1n) is 8.73. The van der Waals surface area contributed by atoms with Gasteiger partial charge in [0.1, 0.15) is 12.1 Å². The molecule has 0 saturated carbocycles. The van der Waals surface area contributed by atoms with Crippen LogP contribution < -0.4 is 10.2 Å². The summed E-state index contributed by atoms with van der Waals surface area (Å²) in [6.07, 6.45) is 3.69. The molecule has 2 heterocycles. The van der Waals surface area contributed by atoms with E-state index < -0.39 is 0 Å². The number of anilines is 2. The molecule has 6 nitrogen and oxygen atoms in total. The fourth-order valence-corrected chi connectivity index (χ4v) is 3.35. The summed E-state index contributed by atoms with van der Waals surface area (Å²) in [5.74, 6) is -0.0971. The summed E-state index contributed by atoms with van der Waals surface area (Å²) in [6, 6.07) is 15.7. The highest BCUT2D eigenvalue weighted by Crippen LogP contribution is 2.28. The van der Waals surface area contributed by atoms with Crippen LogP contribution in [0.1, 0.15) is 19.3 Å². The molecule has 0 spiro atoms. The Morgan fingerprint density at radius 3 is 2.64 bits per heavy atom. The Hall–Kier alpha value is -2.89. The minimum absolute atomic E-state index is 0.0971. The number of hydrogen-bond donors (Lipinski definition) is 1. The predicted octanol–water partition coefficient (Wildman–Crippen LogP) is 3.06. The summed E-state index contributed by atoms with van der Waals surface area (Å²) in [7, 11) is 0. The maximum atomic E-state index is 12.5. The second kappa shape index (κ2) is 6.93. The van der Waals surface area contributed by atoms with E-state index >= 15 is 0 Å². The zero-order chi connectivity index (χ0) is 17.1. The fourth-order valence-electron chi connectivity index (χ4n) is 3.35. The van der Waals surface area contributed by atoms with Gasteiger partial charge in [-0.1, -0.05) is 29.5 Å². The van der Waals surface area contributed by atoms with Crippen LogP contribution >= 0.6 is 0 Å². The van der Waals surface area contributed by atoms with Crippen molar-refractivity contribution in [2.45, 2.75) is 25.8 Å². The lowest BCUT2D eigenvalue weighted by Gasteiger charge is -2.30. The first-order chi connectivity index (χ1) is 12.3. The molecule has 0 atom stereocenters. The van der Waals surface area contributed by atoms with E-state index in [-0.39, 0.29) is 12.5 Å². The number of para-hydroxylation sites is 3. The van der Waals surface area contributed by atoms with Crippen molar-refractivity contribution >= 4 is 28.3 Å². The number of hydrogen-bond acceptors (Lipinski definition) is 4. The van der Waals surface area contributed by atoms with Gasteiger partial charge in [0.2, 0.25) is 5.91 Å². The number of nitrogens with one attached hydrogen (secondary N) is 1. The first-order valence-corrected chi connectivity index (χ1v) is 8.73. The van der Waals surface area contributed by atoms with E-state index in [1.807, 2.05) is 42.5 Å². The van der Waals surface area contributed by atoms with Crippen LogP contribution in [0.2, 0.25) is 0 Å². The van der Waals surface area contributed by atoms with E-state index in [4.69, 9.17) is 0 Å². The van der Waals surface area contributed by atoms with Crippen LogP contribution in [0.3, 0.4) is 0 Å². The Morgan fingerprint density at radius 2 is 1.76 bits per heavy atom. The Bertz CT molecular complexity index is 882. The number of carbonyl (C=O) groups is 1. The molecule has 1 aliphatic rings. The van der Waals surface area contributed by atoms with Crippen molar-refractivity contribution in [3.63, 3.8) is 0 Å². The normalized spacial score (nSPS) is 14.6. The molecule has 1 N–H and O–H groups in total. The van der Waals surface area contributed by atoms with Crippen molar-refractivity contribution in [2.24, 2.45) is 0 Å². The SMILES string of the molecule is O=C(Cn1nnc2ccccc21)Nc1ccccc1N1CCCCC1. The number of benzene rings is 2. The van der Waals surface area contributed by atoms with Crippen LogP contribution in [0.25, 0.3) is 11.0 Å². The van der Waals surface area contributed by atoms with Crippen molar-refractivity contribution in [3.05, 3.63) is 48.5 Å². The highest BCUT2D eigenvalue weighted by atomic mass is 16.2. The molecule has 0 radical (unpaired) electrons. The van der Waals surface area contributed by atoms with Crippen LogP contribution in [0.4, 0.5) is 11.4 Å². The van der Waals surface area contributed by atoms with Crippen molar-refractivity contribution in [1.29, 1.82) is 0 Å². The third-order valence-corrected chi connectivity index (χ3v) is 4.59. The van der Waals surface area contributed by atoms with Crippen molar-refractivity contribution in [1.82, 2.24) is 15.0 Å². The molecule has 0 aliphatic carbocycles. The lowest BCUT2D eigenvalue weighted by Crippen LogP contribution is -2.30. The fraction of sp³-hybridized carbons (Fsp3) is 0.316. The number of carbonyl (C=O) groups excluding carboxylic acids is 1. The van der Waals surface area contributed by atoms with Gasteiger partial charge in [0.15, 0.2) is 0 Å². The molecule has 1 saturated heterocycles. The van der Waals surface area contributed by atoms with Gasteiger partial charge in [0, 0.05) is 13.1 Å². The molecule has 1 fully saturated rings. The zero-order valence-electron chi connectivity index (χ0n) is 14.1. The van der Waals surface area contributed by atoms with Gasteiger partial charge >= 0.3 is 0 Å². The third kappa shape index (κ3) is 3.33. The topological polar surface area (TPSA) is 63.1 Å². The number of aromatic nitrogens is 3. The van der Waals surface area contributed by atoms with Crippen molar-refractivity contribution in [3.8, 4) is 0 Å². The van der Waals surface area contributed by atoms with Gasteiger partial charge < -0.3 is 10.2 Å². The first kappa shape index (κ1) is 15.6. The maximum absolute atomic E-state index is 12.5. The quantitative estimate of drug-likeness (QED) is 0.796. The number of piperidine rings is 1. The summed E-state index contributed by atoms with van der Waals surface area (Å²) < 4.78 is 1.63. The van der Waals surface area contributed by atoms with Gasteiger partial charge in [-0.3, -0.25) is 4.79 Å². The van der Waals surface area contributed by atoms with Gasteiger partial charge in [-0.05, 0) is 43.5 Å². The molecule has 4 rings (SSSR count). The average Bonchev–Trinajstić information content (AvgIpc) is 3.06. The van der Waals surface area contributed by atoms with E-state index in [1.165, 1.54) is 19.3 Å². The molecule has 1 aliphatic heterocycles. The molecule has 128 valence electrons. The zero-order valence-corrected chi connectivity index (χ0v) is 14.1. The van der Waals surface area contributed by atoms with E-state index in [9.17, 15) is 4.79 Å². The molecular weight excluding hydrogens is 314 g/mol. The average molecular weight is 335 g/mol. The largest absolute Gasteiger partial charge is 0.370 e. The number of rotatable bonds is 4. The van der Waals surface area contributed by atoms with Gasteiger partial charge in [-0.2, -0.15) is 0 Å². The lowest BCUT2D eigenvalue weighted by atomic mass is 10.1. The third-order valence-electron chi connectivity index (χ3n) is 4.59.